The van der Waals surface area contributed by atoms with Crippen LogP contribution in [0.15, 0.2) is 32.9 Å². The lowest BCUT2D eigenvalue weighted by atomic mass is 10.3. The van der Waals surface area contributed by atoms with Crippen molar-refractivity contribution in [3.63, 3.8) is 0 Å². The van der Waals surface area contributed by atoms with E-state index in [1.165, 1.54) is 6.07 Å². The van der Waals surface area contributed by atoms with E-state index in [2.05, 4.69) is 15.9 Å². The number of rotatable bonds is 3. The van der Waals surface area contributed by atoms with Gasteiger partial charge in [0, 0.05) is 9.35 Å². The van der Waals surface area contributed by atoms with Gasteiger partial charge in [0.2, 0.25) is 0 Å². The Labute approximate surface area is 121 Å². The molecule has 0 atom stereocenters. The minimum absolute atomic E-state index is 0.00622. The summed E-state index contributed by atoms with van der Waals surface area (Å²) in [5.74, 6) is -1.97. The highest BCUT2D eigenvalue weighted by molar-refractivity contribution is 9.10. The van der Waals surface area contributed by atoms with Crippen molar-refractivity contribution in [2.24, 2.45) is 0 Å². The summed E-state index contributed by atoms with van der Waals surface area (Å²) in [4.78, 5) is 0.789. The standard InChI is InChI=1S/C11H8BrF2NO2S2/c1-6-2-3-10(18-6)19(16,17)15-11-8(13)4-7(12)5-9(11)14/h2-5,15H,1H3. The smallest absolute Gasteiger partial charge is 0.271 e. The van der Waals surface area contributed by atoms with E-state index in [0.29, 0.717) is 0 Å². The third-order valence-corrected chi connectivity index (χ3v) is 5.52. The number of sulfonamides is 1. The average Bonchev–Trinajstić information content (AvgIpc) is 2.71. The van der Waals surface area contributed by atoms with Crippen LogP contribution in [0, 0.1) is 18.6 Å². The summed E-state index contributed by atoms with van der Waals surface area (Å²) >= 11 is 3.94. The van der Waals surface area contributed by atoms with Gasteiger partial charge in [0.25, 0.3) is 10.0 Å². The topological polar surface area (TPSA) is 46.2 Å². The van der Waals surface area contributed by atoms with Gasteiger partial charge in [-0.3, -0.25) is 4.72 Å². The number of hydrogen-bond acceptors (Lipinski definition) is 3. The van der Waals surface area contributed by atoms with Crippen LogP contribution < -0.4 is 4.72 Å². The maximum atomic E-state index is 13.6. The Balaban J connectivity index is 2.41. The number of aryl methyl sites for hydroxylation is 1. The summed E-state index contributed by atoms with van der Waals surface area (Å²) < 4.78 is 53.2. The van der Waals surface area contributed by atoms with Crippen molar-refractivity contribution in [2.45, 2.75) is 11.1 Å². The molecule has 0 aliphatic carbocycles. The normalized spacial score (nSPS) is 11.6. The van der Waals surface area contributed by atoms with Crippen molar-refractivity contribution >= 4 is 43.0 Å². The highest BCUT2D eigenvalue weighted by atomic mass is 79.9. The van der Waals surface area contributed by atoms with Crippen LogP contribution in [0.3, 0.4) is 0 Å². The van der Waals surface area contributed by atoms with Gasteiger partial charge in [0.1, 0.15) is 9.90 Å². The van der Waals surface area contributed by atoms with Crippen LogP contribution in [0.2, 0.25) is 0 Å². The zero-order chi connectivity index (χ0) is 14.2. The first-order chi connectivity index (χ1) is 8.79. The van der Waals surface area contributed by atoms with Gasteiger partial charge in [-0.15, -0.1) is 11.3 Å². The fourth-order valence-corrected chi connectivity index (χ4v) is 4.14. The van der Waals surface area contributed by atoms with Crippen molar-refractivity contribution in [3.8, 4) is 0 Å². The van der Waals surface area contributed by atoms with Gasteiger partial charge in [-0.2, -0.15) is 0 Å². The molecule has 1 aromatic carbocycles. The monoisotopic (exact) mass is 367 g/mol. The molecule has 1 N–H and O–H groups in total. The molecule has 2 rings (SSSR count). The number of halogens is 3. The van der Waals surface area contributed by atoms with Crippen molar-refractivity contribution in [1.29, 1.82) is 0 Å². The van der Waals surface area contributed by atoms with Gasteiger partial charge in [0.15, 0.2) is 11.6 Å². The van der Waals surface area contributed by atoms with Gasteiger partial charge in [-0.1, -0.05) is 15.9 Å². The van der Waals surface area contributed by atoms with Crippen molar-refractivity contribution in [3.05, 3.63) is 45.2 Å². The molecule has 0 amide bonds. The second-order valence-corrected chi connectivity index (χ2v) is 7.83. The maximum absolute atomic E-state index is 13.6. The van der Waals surface area contributed by atoms with Crippen LogP contribution in [0.4, 0.5) is 14.5 Å². The zero-order valence-electron chi connectivity index (χ0n) is 9.58. The molecule has 19 heavy (non-hydrogen) atoms. The largest absolute Gasteiger partial charge is 0.273 e. The highest BCUT2D eigenvalue weighted by Crippen LogP contribution is 2.28. The van der Waals surface area contributed by atoms with E-state index < -0.39 is 27.3 Å². The first kappa shape index (κ1) is 14.4. The zero-order valence-corrected chi connectivity index (χ0v) is 12.8. The fraction of sp³-hybridized carbons (Fsp3) is 0.0909. The fourth-order valence-electron chi connectivity index (χ4n) is 1.38. The van der Waals surface area contributed by atoms with Crippen LogP contribution in [-0.4, -0.2) is 8.42 Å². The molecular formula is C11H8BrF2NO2S2. The Kier molecular flexibility index (Phi) is 3.93. The lowest BCUT2D eigenvalue weighted by Crippen LogP contribution is -2.14. The molecule has 1 heterocycles. The van der Waals surface area contributed by atoms with E-state index in [0.717, 1.165) is 28.3 Å². The minimum atomic E-state index is -3.98. The SMILES string of the molecule is Cc1ccc(S(=O)(=O)Nc2c(F)cc(Br)cc2F)s1. The van der Waals surface area contributed by atoms with Gasteiger partial charge >= 0.3 is 0 Å². The maximum Gasteiger partial charge on any atom is 0.271 e. The Morgan fingerprint density at radius 3 is 2.26 bits per heavy atom. The number of thiophene rings is 1. The molecule has 0 spiro atoms. The number of hydrogen-bond donors (Lipinski definition) is 1. The first-order valence-electron chi connectivity index (χ1n) is 5.03. The van der Waals surface area contributed by atoms with Crippen LogP contribution >= 0.6 is 27.3 Å². The van der Waals surface area contributed by atoms with Gasteiger partial charge in [0.05, 0.1) is 0 Å². The van der Waals surface area contributed by atoms with E-state index in [9.17, 15) is 17.2 Å². The molecule has 0 radical (unpaired) electrons. The van der Waals surface area contributed by atoms with Crippen molar-refractivity contribution in [1.82, 2.24) is 0 Å². The van der Waals surface area contributed by atoms with Crippen molar-refractivity contribution in [2.75, 3.05) is 4.72 Å². The minimum Gasteiger partial charge on any atom is -0.273 e. The molecule has 3 nitrogen and oxygen atoms in total. The van der Waals surface area contributed by atoms with Crippen LogP contribution in [-0.2, 0) is 10.0 Å². The number of anilines is 1. The number of nitrogens with one attached hydrogen (secondary N) is 1. The van der Waals surface area contributed by atoms with Gasteiger partial charge in [-0.25, -0.2) is 17.2 Å². The molecule has 1 aromatic heterocycles. The third kappa shape index (κ3) is 3.13. The molecule has 0 unspecified atom stereocenters. The van der Waals surface area contributed by atoms with Crippen molar-refractivity contribution < 1.29 is 17.2 Å². The Morgan fingerprint density at radius 2 is 1.79 bits per heavy atom. The Hall–Kier alpha value is -0.990. The molecule has 0 fully saturated rings. The lowest BCUT2D eigenvalue weighted by Gasteiger charge is -2.08. The average molecular weight is 368 g/mol. The highest BCUT2D eigenvalue weighted by Gasteiger charge is 2.21. The summed E-state index contributed by atoms with van der Waals surface area (Å²) in [5, 5.41) is 0. The first-order valence-corrected chi connectivity index (χ1v) is 8.12. The van der Waals surface area contributed by atoms with E-state index in [-0.39, 0.29) is 8.68 Å². The molecule has 0 aliphatic rings. The van der Waals surface area contributed by atoms with Gasteiger partial charge in [-0.05, 0) is 31.2 Å². The van der Waals surface area contributed by atoms with Crippen LogP contribution in [0.5, 0.6) is 0 Å². The molecular weight excluding hydrogens is 360 g/mol. The molecule has 102 valence electrons. The molecule has 0 aliphatic heterocycles. The molecule has 0 saturated heterocycles. The van der Waals surface area contributed by atoms with E-state index in [1.54, 1.807) is 13.0 Å². The summed E-state index contributed by atoms with van der Waals surface area (Å²) in [7, 11) is -3.98. The Morgan fingerprint density at radius 1 is 1.21 bits per heavy atom. The van der Waals surface area contributed by atoms with Gasteiger partial charge < -0.3 is 0 Å². The molecule has 8 heteroatoms. The summed E-state index contributed by atoms with van der Waals surface area (Å²) in [6.45, 7) is 1.74. The molecule has 0 bridgehead atoms. The molecule has 2 aromatic rings. The molecule has 0 saturated carbocycles. The summed E-state index contributed by atoms with van der Waals surface area (Å²) in [6.07, 6.45) is 0. The van der Waals surface area contributed by atoms with Crippen LogP contribution in [0.1, 0.15) is 4.88 Å². The second-order valence-electron chi connectivity index (χ2n) is 3.72. The predicted molar refractivity (Wildman–Crippen MR) is 73.9 cm³/mol. The van der Waals surface area contributed by atoms with Crippen LogP contribution in [0.25, 0.3) is 0 Å². The summed E-state index contributed by atoms with van der Waals surface area (Å²) in [5.41, 5.74) is -0.686. The predicted octanol–water partition coefficient (Wildman–Crippen LogP) is 3.90. The summed E-state index contributed by atoms with van der Waals surface area (Å²) in [6, 6.07) is 4.98. The Bertz CT molecular complexity index is 705. The van der Waals surface area contributed by atoms with E-state index in [1.807, 2.05) is 4.72 Å². The second kappa shape index (κ2) is 5.18. The lowest BCUT2D eigenvalue weighted by molar-refractivity contribution is 0.582. The third-order valence-electron chi connectivity index (χ3n) is 2.22. The quantitative estimate of drug-likeness (QED) is 0.893. The van der Waals surface area contributed by atoms with E-state index in [4.69, 9.17) is 0 Å². The van der Waals surface area contributed by atoms with E-state index >= 15 is 0 Å². The number of benzene rings is 1.